The molecule has 30 heavy (non-hydrogen) atoms. The average molecular weight is 446 g/mol. The predicted octanol–water partition coefficient (Wildman–Crippen LogP) is 3.61. The Morgan fingerprint density at radius 2 is 1.90 bits per heavy atom. The van der Waals surface area contributed by atoms with Gasteiger partial charge in [0.05, 0.1) is 22.9 Å². The topological polar surface area (TPSA) is 112 Å². The van der Waals surface area contributed by atoms with E-state index >= 15 is 0 Å². The van der Waals surface area contributed by atoms with Crippen molar-refractivity contribution in [2.24, 2.45) is 0 Å². The summed E-state index contributed by atoms with van der Waals surface area (Å²) < 4.78 is 6.37. The van der Waals surface area contributed by atoms with Crippen molar-refractivity contribution in [2.75, 3.05) is 23.5 Å². The third kappa shape index (κ3) is 5.31. The molecule has 0 spiro atoms. The van der Waals surface area contributed by atoms with Crippen LogP contribution >= 0.6 is 23.4 Å². The molecule has 0 saturated heterocycles. The van der Waals surface area contributed by atoms with E-state index in [0.29, 0.717) is 39.4 Å². The molecule has 1 heterocycles. The van der Waals surface area contributed by atoms with Gasteiger partial charge in [0.2, 0.25) is 11.1 Å². The van der Waals surface area contributed by atoms with E-state index in [1.165, 1.54) is 4.68 Å². The molecule has 10 heteroatoms. The molecular formula is C20H20ClN5O3S. The van der Waals surface area contributed by atoms with Crippen molar-refractivity contribution in [1.29, 1.82) is 0 Å². The van der Waals surface area contributed by atoms with E-state index in [-0.39, 0.29) is 17.6 Å². The lowest BCUT2D eigenvalue weighted by Gasteiger charge is -2.07. The summed E-state index contributed by atoms with van der Waals surface area (Å²) >= 11 is 7.32. The van der Waals surface area contributed by atoms with Crippen LogP contribution in [0.15, 0.2) is 53.7 Å². The van der Waals surface area contributed by atoms with Crippen molar-refractivity contribution in [3.63, 3.8) is 0 Å². The number of hydrogen-bond acceptors (Lipinski definition) is 7. The lowest BCUT2D eigenvalue weighted by Crippen LogP contribution is -2.16. The van der Waals surface area contributed by atoms with Crippen molar-refractivity contribution in [3.8, 4) is 11.4 Å². The summed E-state index contributed by atoms with van der Waals surface area (Å²) in [6.45, 7) is 2.30. The number of benzene rings is 2. The highest BCUT2D eigenvalue weighted by Crippen LogP contribution is 2.27. The fourth-order valence-electron chi connectivity index (χ4n) is 2.50. The van der Waals surface area contributed by atoms with Crippen LogP contribution in [0.25, 0.3) is 11.4 Å². The number of nitrogen functional groups attached to an aromatic ring is 1. The smallest absolute Gasteiger partial charge is 0.338 e. The van der Waals surface area contributed by atoms with Crippen LogP contribution in [0.5, 0.6) is 0 Å². The molecule has 0 aliphatic carbocycles. The third-order valence-electron chi connectivity index (χ3n) is 3.95. The number of amides is 1. The molecule has 3 aromatic rings. The van der Waals surface area contributed by atoms with Gasteiger partial charge in [-0.1, -0.05) is 42.4 Å². The molecule has 0 atom stereocenters. The summed E-state index contributed by atoms with van der Waals surface area (Å²) in [5.41, 5.74) is 1.65. The van der Waals surface area contributed by atoms with Gasteiger partial charge in [-0.3, -0.25) is 4.79 Å². The second kappa shape index (κ2) is 10.1. The van der Waals surface area contributed by atoms with E-state index in [9.17, 15) is 9.59 Å². The average Bonchev–Trinajstić information content (AvgIpc) is 3.11. The molecule has 3 rings (SSSR count). The number of nitrogens with two attached hydrogens (primary N) is 1. The van der Waals surface area contributed by atoms with Crippen molar-refractivity contribution < 1.29 is 14.3 Å². The third-order valence-corrected chi connectivity index (χ3v) is 5.23. The van der Waals surface area contributed by atoms with Gasteiger partial charge in [-0.05, 0) is 42.8 Å². The number of ether oxygens (including phenoxy) is 1. The van der Waals surface area contributed by atoms with Crippen molar-refractivity contribution in [3.05, 3.63) is 59.1 Å². The molecule has 0 aliphatic heterocycles. The number of esters is 1. The number of halogens is 1. The SMILES string of the molecule is CCCOC(=O)c1ccc(NC(=O)CSc2nnc(-c3ccccc3Cl)n2N)cc1. The van der Waals surface area contributed by atoms with E-state index in [4.69, 9.17) is 22.2 Å². The molecule has 0 aliphatic rings. The summed E-state index contributed by atoms with van der Waals surface area (Å²) in [7, 11) is 0. The molecule has 0 fully saturated rings. The van der Waals surface area contributed by atoms with Crippen LogP contribution in [-0.2, 0) is 9.53 Å². The molecule has 0 saturated carbocycles. The van der Waals surface area contributed by atoms with Gasteiger partial charge in [0, 0.05) is 11.3 Å². The van der Waals surface area contributed by atoms with E-state index < -0.39 is 0 Å². The fraction of sp³-hybridized carbons (Fsp3) is 0.200. The number of carbonyl (C=O) groups is 2. The second-order valence-corrected chi connectivity index (χ2v) is 7.56. The van der Waals surface area contributed by atoms with Crippen LogP contribution in [0.2, 0.25) is 5.02 Å². The fourth-order valence-corrected chi connectivity index (χ4v) is 3.37. The first-order valence-electron chi connectivity index (χ1n) is 9.14. The van der Waals surface area contributed by atoms with Crippen LogP contribution in [0.4, 0.5) is 5.69 Å². The summed E-state index contributed by atoms with van der Waals surface area (Å²) in [4.78, 5) is 24.1. The predicted molar refractivity (Wildman–Crippen MR) is 117 cm³/mol. The molecule has 8 nitrogen and oxygen atoms in total. The standard InChI is InChI=1S/C20H20ClN5O3S/c1-2-11-29-19(28)13-7-9-14(10-8-13)23-17(27)12-30-20-25-24-18(26(20)22)15-5-3-4-6-16(15)21/h3-10H,2,11-12,22H2,1H3,(H,23,27). The minimum Gasteiger partial charge on any atom is -0.462 e. The zero-order chi connectivity index (χ0) is 21.5. The van der Waals surface area contributed by atoms with Crippen molar-refractivity contribution >= 4 is 40.9 Å². The Morgan fingerprint density at radius 1 is 1.17 bits per heavy atom. The van der Waals surface area contributed by atoms with Gasteiger partial charge in [0.25, 0.3) is 0 Å². The highest BCUT2D eigenvalue weighted by molar-refractivity contribution is 7.99. The lowest BCUT2D eigenvalue weighted by atomic mass is 10.2. The lowest BCUT2D eigenvalue weighted by molar-refractivity contribution is -0.113. The van der Waals surface area contributed by atoms with Gasteiger partial charge in [0.15, 0.2) is 5.82 Å². The van der Waals surface area contributed by atoms with Gasteiger partial charge in [0.1, 0.15) is 0 Å². The maximum Gasteiger partial charge on any atom is 0.338 e. The molecule has 0 radical (unpaired) electrons. The summed E-state index contributed by atoms with van der Waals surface area (Å²) in [6.07, 6.45) is 0.758. The molecule has 0 unspecified atom stereocenters. The number of thioether (sulfide) groups is 1. The number of rotatable bonds is 8. The Hall–Kier alpha value is -3.04. The Kier molecular flexibility index (Phi) is 7.31. The highest BCUT2D eigenvalue weighted by atomic mass is 35.5. The molecule has 2 aromatic carbocycles. The molecule has 0 bridgehead atoms. The normalized spacial score (nSPS) is 10.6. The summed E-state index contributed by atoms with van der Waals surface area (Å²) in [5, 5.41) is 11.7. The van der Waals surface area contributed by atoms with Crippen molar-refractivity contribution in [1.82, 2.24) is 14.9 Å². The van der Waals surface area contributed by atoms with Crippen LogP contribution < -0.4 is 11.2 Å². The first kappa shape index (κ1) is 21.7. The minimum atomic E-state index is -0.387. The first-order chi connectivity index (χ1) is 14.5. The Labute approximate surface area is 182 Å². The van der Waals surface area contributed by atoms with Gasteiger partial charge >= 0.3 is 5.97 Å². The molecule has 156 valence electrons. The van der Waals surface area contributed by atoms with Crippen LogP contribution in [0.1, 0.15) is 23.7 Å². The maximum absolute atomic E-state index is 12.2. The zero-order valence-corrected chi connectivity index (χ0v) is 17.7. The Balaban J connectivity index is 1.56. The van der Waals surface area contributed by atoms with Gasteiger partial charge in [-0.25, -0.2) is 9.47 Å². The largest absolute Gasteiger partial charge is 0.462 e. The number of carbonyl (C=O) groups excluding carboxylic acids is 2. The van der Waals surface area contributed by atoms with E-state index in [1.54, 1.807) is 36.4 Å². The van der Waals surface area contributed by atoms with Crippen molar-refractivity contribution in [2.45, 2.75) is 18.5 Å². The number of aromatic nitrogens is 3. The molecular weight excluding hydrogens is 426 g/mol. The van der Waals surface area contributed by atoms with Gasteiger partial charge in [-0.2, -0.15) is 0 Å². The van der Waals surface area contributed by atoms with E-state index in [2.05, 4.69) is 15.5 Å². The highest BCUT2D eigenvalue weighted by Gasteiger charge is 2.16. The Bertz CT molecular complexity index is 1040. The molecule has 1 aromatic heterocycles. The van der Waals surface area contributed by atoms with Gasteiger partial charge in [-0.15, -0.1) is 10.2 Å². The Morgan fingerprint density at radius 3 is 2.60 bits per heavy atom. The number of nitrogens with zero attached hydrogens (tertiary/aromatic N) is 3. The maximum atomic E-state index is 12.2. The summed E-state index contributed by atoms with van der Waals surface area (Å²) in [6, 6.07) is 13.7. The molecule has 1 amide bonds. The van der Waals surface area contributed by atoms with E-state index in [1.807, 2.05) is 19.1 Å². The van der Waals surface area contributed by atoms with Gasteiger partial charge < -0.3 is 15.9 Å². The first-order valence-corrected chi connectivity index (χ1v) is 10.5. The second-order valence-electron chi connectivity index (χ2n) is 6.21. The molecule has 3 N–H and O–H groups in total. The minimum absolute atomic E-state index is 0.0815. The van der Waals surface area contributed by atoms with Crippen LogP contribution in [-0.4, -0.2) is 39.1 Å². The van der Waals surface area contributed by atoms with E-state index in [0.717, 1.165) is 18.2 Å². The number of anilines is 1. The monoisotopic (exact) mass is 445 g/mol. The zero-order valence-electron chi connectivity index (χ0n) is 16.2. The van der Waals surface area contributed by atoms with Crippen LogP contribution in [0, 0.1) is 0 Å². The summed E-state index contributed by atoms with van der Waals surface area (Å²) in [5.74, 6) is 5.92. The number of hydrogen-bond donors (Lipinski definition) is 2. The quantitative estimate of drug-likeness (QED) is 0.309. The van der Waals surface area contributed by atoms with Crippen LogP contribution in [0.3, 0.4) is 0 Å². The number of nitrogens with one attached hydrogen (secondary N) is 1.